The number of rotatable bonds is 6. The van der Waals surface area contributed by atoms with Gasteiger partial charge in [0.15, 0.2) is 11.0 Å². The molecule has 134 valence electrons. The molecule has 0 fully saturated rings. The lowest BCUT2D eigenvalue weighted by atomic mass is 10.1. The van der Waals surface area contributed by atoms with Gasteiger partial charge in [0.2, 0.25) is 5.91 Å². The lowest BCUT2D eigenvalue weighted by Crippen LogP contribution is -2.14. The average molecular weight is 388 g/mol. The van der Waals surface area contributed by atoms with Gasteiger partial charge in [-0.15, -0.1) is 10.2 Å². The highest BCUT2D eigenvalue weighted by molar-refractivity contribution is 7.99. The summed E-state index contributed by atoms with van der Waals surface area (Å²) in [5, 5.41) is 12.5. The topological polar surface area (TPSA) is 85.8 Å². The molecule has 0 bridgehead atoms. The average Bonchev–Trinajstić information content (AvgIpc) is 3.03. The maximum absolute atomic E-state index is 12.2. The Morgan fingerprint density at radius 1 is 1.23 bits per heavy atom. The molecular formula is C18H18ClN5OS. The standard InChI is InChI=1S/C18H18ClN5OS/c1-2-24-17(14-8-3-4-9-15(14)20)22-23-18(24)26-11-16(25)21-13-7-5-6-12(19)10-13/h3-10H,2,11,20H2,1H3,(H,21,25). The SMILES string of the molecule is CCn1c(SCC(=O)Nc2cccc(Cl)c2)nnc1-c1ccccc1N. The molecule has 0 atom stereocenters. The van der Waals surface area contributed by atoms with Gasteiger partial charge < -0.3 is 15.6 Å². The molecule has 1 amide bonds. The minimum absolute atomic E-state index is 0.135. The maximum atomic E-state index is 12.2. The number of thioether (sulfide) groups is 1. The summed E-state index contributed by atoms with van der Waals surface area (Å²) in [7, 11) is 0. The van der Waals surface area contributed by atoms with Gasteiger partial charge in [-0.3, -0.25) is 4.79 Å². The number of nitrogens with zero attached hydrogens (tertiary/aromatic N) is 3. The van der Waals surface area contributed by atoms with E-state index >= 15 is 0 Å². The predicted molar refractivity (Wildman–Crippen MR) is 106 cm³/mol. The molecule has 0 aliphatic rings. The summed E-state index contributed by atoms with van der Waals surface area (Å²) in [5.41, 5.74) is 8.18. The van der Waals surface area contributed by atoms with Crippen molar-refractivity contribution >= 4 is 40.6 Å². The van der Waals surface area contributed by atoms with Gasteiger partial charge in [-0.1, -0.05) is 41.6 Å². The van der Waals surface area contributed by atoms with Crippen LogP contribution in [-0.2, 0) is 11.3 Å². The Labute approximate surface area is 160 Å². The third-order valence-electron chi connectivity index (χ3n) is 3.68. The molecule has 26 heavy (non-hydrogen) atoms. The molecule has 1 heterocycles. The van der Waals surface area contributed by atoms with Crippen LogP contribution in [0.5, 0.6) is 0 Å². The summed E-state index contributed by atoms with van der Waals surface area (Å²) in [6, 6.07) is 14.6. The third kappa shape index (κ3) is 4.17. The fourth-order valence-electron chi connectivity index (χ4n) is 2.47. The minimum Gasteiger partial charge on any atom is -0.398 e. The monoisotopic (exact) mass is 387 g/mol. The Bertz CT molecular complexity index is 927. The van der Waals surface area contributed by atoms with Crippen LogP contribution < -0.4 is 11.1 Å². The number of nitrogens with one attached hydrogen (secondary N) is 1. The van der Waals surface area contributed by atoms with Crippen molar-refractivity contribution in [1.29, 1.82) is 0 Å². The second-order valence-electron chi connectivity index (χ2n) is 5.48. The molecule has 6 nitrogen and oxygen atoms in total. The van der Waals surface area contributed by atoms with Gasteiger partial charge in [0.1, 0.15) is 0 Å². The van der Waals surface area contributed by atoms with Crippen molar-refractivity contribution in [2.45, 2.75) is 18.6 Å². The van der Waals surface area contributed by atoms with E-state index in [2.05, 4.69) is 15.5 Å². The fraction of sp³-hybridized carbons (Fsp3) is 0.167. The van der Waals surface area contributed by atoms with Gasteiger partial charge in [-0.25, -0.2) is 0 Å². The number of carbonyl (C=O) groups is 1. The number of amides is 1. The quantitative estimate of drug-likeness (QED) is 0.494. The highest BCUT2D eigenvalue weighted by Crippen LogP contribution is 2.27. The van der Waals surface area contributed by atoms with Crippen LogP contribution >= 0.6 is 23.4 Å². The summed E-state index contributed by atoms with van der Waals surface area (Å²) in [6.07, 6.45) is 0. The number of halogens is 1. The molecule has 0 spiro atoms. The number of hydrogen-bond donors (Lipinski definition) is 2. The van der Waals surface area contributed by atoms with E-state index in [-0.39, 0.29) is 11.7 Å². The van der Waals surface area contributed by atoms with E-state index in [0.717, 1.165) is 5.56 Å². The van der Waals surface area contributed by atoms with E-state index in [4.69, 9.17) is 17.3 Å². The summed E-state index contributed by atoms with van der Waals surface area (Å²) in [5.74, 6) is 0.779. The number of anilines is 2. The molecule has 1 aromatic heterocycles. The van der Waals surface area contributed by atoms with Gasteiger partial charge in [0, 0.05) is 28.5 Å². The summed E-state index contributed by atoms with van der Waals surface area (Å²) in [4.78, 5) is 12.2. The molecule has 3 aromatic rings. The summed E-state index contributed by atoms with van der Waals surface area (Å²) >= 11 is 7.25. The number of benzene rings is 2. The first-order valence-electron chi connectivity index (χ1n) is 8.04. The van der Waals surface area contributed by atoms with Gasteiger partial charge in [-0.05, 0) is 37.3 Å². The minimum atomic E-state index is -0.135. The number of para-hydroxylation sites is 1. The van der Waals surface area contributed by atoms with Crippen molar-refractivity contribution in [1.82, 2.24) is 14.8 Å². The van der Waals surface area contributed by atoms with Gasteiger partial charge in [0.05, 0.1) is 5.75 Å². The molecule has 0 unspecified atom stereocenters. The van der Waals surface area contributed by atoms with Crippen LogP contribution in [0.3, 0.4) is 0 Å². The number of nitrogens with two attached hydrogens (primary N) is 1. The Balaban J connectivity index is 1.71. The van der Waals surface area contributed by atoms with Crippen molar-refractivity contribution < 1.29 is 4.79 Å². The maximum Gasteiger partial charge on any atom is 0.234 e. The molecule has 0 radical (unpaired) electrons. The molecule has 0 saturated heterocycles. The normalized spacial score (nSPS) is 10.7. The number of carbonyl (C=O) groups excluding carboxylic acids is 1. The first kappa shape index (κ1) is 18.3. The van der Waals surface area contributed by atoms with Gasteiger partial charge in [0.25, 0.3) is 0 Å². The molecule has 0 aliphatic carbocycles. The van der Waals surface area contributed by atoms with Crippen LogP contribution in [0.1, 0.15) is 6.92 Å². The molecule has 0 saturated carbocycles. The summed E-state index contributed by atoms with van der Waals surface area (Å²) in [6.45, 7) is 2.68. The Morgan fingerprint density at radius 2 is 2.04 bits per heavy atom. The number of nitrogen functional groups attached to an aromatic ring is 1. The zero-order chi connectivity index (χ0) is 18.5. The van der Waals surface area contributed by atoms with E-state index in [1.165, 1.54) is 11.8 Å². The lowest BCUT2D eigenvalue weighted by Gasteiger charge is -2.09. The largest absolute Gasteiger partial charge is 0.398 e. The molecule has 2 aromatic carbocycles. The molecule has 3 rings (SSSR count). The number of aromatic nitrogens is 3. The van der Waals surface area contributed by atoms with Crippen molar-refractivity contribution in [2.75, 3.05) is 16.8 Å². The first-order chi connectivity index (χ1) is 12.6. The molecule has 0 aliphatic heterocycles. The smallest absolute Gasteiger partial charge is 0.234 e. The van der Waals surface area contributed by atoms with Crippen LogP contribution in [0.25, 0.3) is 11.4 Å². The van der Waals surface area contributed by atoms with Crippen molar-refractivity contribution in [3.05, 3.63) is 53.6 Å². The Kier molecular flexibility index (Phi) is 5.80. The lowest BCUT2D eigenvalue weighted by molar-refractivity contribution is -0.113. The highest BCUT2D eigenvalue weighted by Gasteiger charge is 2.16. The van der Waals surface area contributed by atoms with Crippen molar-refractivity contribution in [2.24, 2.45) is 0 Å². The van der Waals surface area contributed by atoms with E-state index in [1.54, 1.807) is 24.3 Å². The van der Waals surface area contributed by atoms with Crippen LogP contribution in [0.2, 0.25) is 5.02 Å². The van der Waals surface area contributed by atoms with E-state index in [1.807, 2.05) is 35.8 Å². The van der Waals surface area contributed by atoms with Crippen molar-refractivity contribution in [3.63, 3.8) is 0 Å². The van der Waals surface area contributed by atoms with E-state index in [9.17, 15) is 4.79 Å². The second kappa shape index (κ2) is 8.25. The van der Waals surface area contributed by atoms with Crippen LogP contribution in [0, 0.1) is 0 Å². The van der Waals surface area contributed by atoms with Gasteiger partial charge >= 0.3 is 0 Å². The molecule has 3 N–H and O–H groups in total. The van der Waals surface area contributed by atoms with E-state index < -0.39 is 0 Å². The van der Waals surface area contributed by atoms with Crippen molar-refractivity contribution in [3.8, 4) is 11.4 Å². The fourth-order valence-corrected chi connectivity index (χ4v) is 3.47. The highest BCUT2D eigenvalue weighted by atomic mass is 35.5. The predicted octanol–water partition coefficient (Wildman–Crippen LogP) is 3.93. The molecule has 8 heteroatoms. The van der Waals surface area contributed by atoms with E-state index in [0.29, 0.717) is 33.9 Å². The zero-order valence-electron chi connectivity index (χ0n) is 14.1. The van der Waals surface area contributed by atoms with Crippen LogP contribution in [0.4, 0.5) is 11.4 Å². The molecular weight excluding hydrogens is 370 g/mol. The Hall–Kier alpha value is -2.51. The summed E-state index contributed by atoms with van der Waals surface area (Å²) < 4.78 is 1.95. The van der Waals surface area contributed by atoms with Crippen LogP contribution in [0.15, 0.2) is 53.7 Å². The number of hydrogen-bond acceptors (Lipinski definition) is 5. The zero-order valence-corrected chi connectivity index (χ0v) is 15.7. The van der Waals surface area contributed by atoms with Gasteiger partial charge in [-0.2, -0.15) is 0 Å². The third-order valence-corrected chi connectivity index (χ3v) is 4.88. The Morgan fingerprint density at radius 3 is 2.77 bits per heavy atom. The second-order valence-corrected chi connectivity index (χ2v) is 6.86. The first-order valence-corrected chi connectivity index (χ1v) is 9.41. The van der Waals surface area contributed by atoms with Crippen LogP contribution in [-0.4, -0.2) is 26.4 Å².